The van der Waals surface area contributed by atoms with Gasteiger partial charge in [0.15, 0.2) is 5.79 Å². The van der Waals surface area contributed by atoms with Crippen LogP contribution in [0.25, 0.3) is 0 Å². The van der Waals surface area contributed by atoms with Gasteiger partial charge in [0.2, 0.25) is 0 Å². The van der Waals surface area contributed by atoms with E-state index >= 15 is 0 Å². The first kappa shape index (κ1) is 12.5. The highest BCUT2D eigenvalue weighted by Crippen LogP contribution is 2.39. The van der Waals surface area contributed by atoms with Crippen LogP contribution in [-0.4, -0.2) is 35.1 Å². The predicted molar refractivity (Wildman–Crippen MR) is 65.3 cm³/mol. The molecular weight excluding hydrogens is 248 g/mol. The minimum atomic E-state index is -1.02. The first-order valence-electron chi connectivity index (χ1n) is 4.95. The first-order valence-corrected chi connectivity index (χ1v) is 6.71. The van der Waals surface area contributed by atoms with Crippen LogP contribution in [0.15, 0.2) is 10.4 Å². The summed E-state index contributed by atoms with van der Waals surface area (Å²) >= 11 is 2.66. The van der Waals surface area contributed by atoms with Gasteiger partial charge < -0.3 is 19.9 Å². The van der Waals surface area contributed by atoms with Crippen molar-refractivity contribution < 1.29 is 14.6 Å². The van der Waals surface area contributed by atoms with E-state index in [2.05, 4.69) is 5.32 Å². The van der Waals surface area contributed by atoms with Gasteiger partial charge in [-0.25, -0.2) is 0 Å². The molecule has 0 aromatic heterocycles. The van der Waals surface area contributed by atoms with Gasteiger partial charge in [-0.15, -0.1) is 0 Å². The number of rotatable bonds is 2. The largest absolute Gasteiger partial charge is 0.382 e. The summed E-state index contributed by atoms with van der Waals surface area (Å²) in [7, 11) is 0. The van der Waals surface area contributed by atoms with Crippen molar-refractivity contribution in [3.63, 3.8) is 0 Å². The van der Waals surface area contributed by atoms with E-state index in [4.69, 9.17) is 14.6 Å². The summed E-state index contributed by atoms with van der Waals surface area (Å²) in [5.74, 6) is -0.617. The van der Waals surface area contributed by atoms with E-state index in [0.29, 0.717) is 0 Å². The summed E-state index contributed by atoms with van der Waals surface area (Å²) < 4.78 is 11.9. The Bertz CT molecular complexity index is 299. The zero-order chi connectivity index (χ0) is 11.8. The Morgan fingerprint density at radius 3 is 2.69 bits per heavy atom. The van der Waals surface area contributed by atoms with Crippen molar-refractivity contribution in [2.45, 2.75) is 30.6 Å². The van der Waals surface area contributed by atoms with Crippen molar-refractivity contribution in [1.82, 2.24) is 5.32 Å². The van der Waals surface area contributed by atoms with E-state index in [1.165, 1.54) is 23.7 Å². The number of hydrogen-bond donors (Lipinski definition) is 3. The lowest BCUT2D eigenvalue weighted by Gasteiger charge is -2.42. The lowest BCUT2D eigenvalue weighted by Crippen LogP contribution is -2.59. The van der Waals surface area contributed by atoms with Crippen molar-refractivity contribution >= 4 is 23.7 Å². The average Bonchev–Trinajstić information content (AvgIpc) is 2.72. The molecule has 1 atom stereocenters. The lowest BCUT2D eigenvalue weighted by molar-refractivity contribution is -0.301. The summed E-state index contributed by atoms with van der Waals surface area (Å²) in [5.41, 5.74) is -1.02. The van der Waals surface area contributed by atoms with Crippen LogP contribution in [0.3, 0.4) is 0 Å². The highest BCUT2D eigenvalue weighted by molar-refractivity contribution is 8.21. The van der Waals surface area contributed by atoms with E-state index in [9.17, 15) is 5.11 Å². The molecule has 0 spiro atoms. The van der Waals surface area contributed by atoms with Gasteiger partial charge in [0.25, 0.3) is 0 Å². The maximum absolute atomic E-state index is 10.4. The predicted octanol–water partition coefficient (Wildman–Crippen LogP) is 0.569. The van der Waals surface area contributed by atoms with Crippen molar-refractivity contribution in [3.05, 3.63) is 10.4 Å². The molecule has 0 aliphatic carbocycles. The highest BCUT2D eigenvalue weighted by Gasteiger charge is 2.46. The Morgan fingerprint density at radius 2 is 2.19 bits per heavy atom. The summed E-state index contributed by atoms with van der Waals surface area (Å²) in [6, 6.07) is 0. The minimum absolute atomic E-state index is 0.172. The third kappa shape index (κ3) is 2.49. The van der Waals surface area contributed by atoms with E-state index in [1.807, 2.05) is 13.8 Å². The highest BCUT2D eigenvalue weighted by atomic mass is 32.2. The maximum atomic E-state index is 10.4. The molecule has 0 amide bonds. The second-order valence-electron chi connectivity index (χ2n) is 4.33. The van der Waals surface area contributed by atoms with Crippen LogP contribution in [0.2, 0.25) is 0 Å². The van der Waals surface area contributed by atoms with E-state index < -0.39 is 11.4 Å². The van der Waals surface area contributed by atoms with Gasteiger partial charge in [0.05, 0.1) is 17.5 Å². The summed E-state index contributed by atoms with van der Waals surface area (Å²) in [6.07, 6.45) is 1.80. The van der Waals surface area contributed by atoms with Crippen molar-refractivity contribution in [2.75, 3.05) is 13.2 Å². The summed E-state index contributed by atoms with van der Waals surface area (Å²) in [5, 5.41) is 18.8. The Labute approximate surface area is 103 Å². The second-order valence-corrected chi connectivity index (χ2v) is 6.41. The third-order valence-electron chi connectivity index (χ3n) is 2.53. The van der Waals surface area contributed by atoms with Gasteiger partial charge in [-0.05, 0) is 25.8 Å². The Morgan fingerprint density at radius 1 is 1.56 bits per heavy atom. The number of nitrogens with one attached hydrogen (secondary N) is 1. The third-order valence-corrected chi connectivity index (χ3v) is 4.62. The Kier molecular flexibility index (Phi) is 3.44. The van der Waals surface area contributed by atoms with Crippen LogP contribution in [0.1, 0.15) is 13.8 Å². The molecule has 0 aromatic rings. The standard InChI is InChI=1S/C9H16N2O3S2/c1-8(2)13-4-9(12,5-14-8)7-11-3-6(15-7)16-10/h3,7,11-12H,4-5,10H2,1-2H3. The van der Waals surface area contributed by atoms with Gasteiger partial charge in [0.1, 0.15) is 11.0 Å². The molecular formula is C9H16N2O3S2. The Hall–Kier alpha value is 0.0800. The van der Waals surface area contributed by atoms with Gasteiger partial charge in [0, 0.05) is 6.20 Å². The van der Waals surface area contributed by atoms with Crippen LogP contribution in [0.5, 0.6) is 0 Å². The number of ether oxygens (including phenoxy) is 2. The minimum Gasteiger partial charge on any atom is -0.382 e. The average molecular weight is 264 g/mol. The zero-order valence-corrected chi connectivity index (χ0v) is 10.9. The molecule has 7 heteroatoms. The number of nitrogens with two attached hydrogens (primary N) is 1. The van der Waals surface area contributed by atoms with Crippen LogP contribution < -0.4 is 10.5 Å². The van der Waals surface area contributed by atoms with Gasteiger partial charge in [-0.2, -0.15) is 0 Å². The molecule has 0 aromatic carbocycles. The van der Waals surface area contributed by atoms with Crippen LogP contribution in [-0.2, 0) is 9.47 Å². The van der Waals surface area contributed by atoms with Crippen molar-refractivity contribution in [2.24, 2.45) is 5.14 Å². The summed E-state index contributed by atoms with van der Waals surface area (Å²) in [6.45, 7) is 4.17. The molecule has 1 saturated heterocycles. The number of hydrogen-bond acceptors (Lipinski definition) is 7. The molecule has 16 heavy (non-hydrogen) atoms. The van der Waals surface area contributed by atoms with Gasteiger partial charge >= 0.3 is 0 Å². The smallest absolute Gasteiger partial charge is 0.163 e. The molecule has 0 bridgehead atoms. The molecule has 5 nitrogen and oxygen atoms in total. The molecule has 4 N–H and O–H groups in total. The normalized spacial score (nSPS) is 32.0. The summed E-state index contributed by atoms with van der Waals surface area (Å²) in [4.78, 5) is 0. The molecule has 1 fully saturated rings. The van der Waals surface area contributed by atoms with Crippen LogP contribution >= 0.6 is 23.7 Å². The molecule has 2 aliphatic heterocycles. The SMILES string of the molecule is CC1(C)OCC(O)(C2NC=C(SN)S2)CO1. The quantitative estimate of drug-likeness (QED) is 0.629. The molecule has 2 aliphatic rings. The fourth-order valence-corrected chi connectivity index (χ4v) is 2.99. The molecule has 2 rings (SSSR count). The van der Waals surface area contributed by atoms with E-state index in [-0.39, 0.29) is 18.6 Å². The topological polar surface area (TPSA) is 76.7 Å². The van der Waals surface area contributed by atoms with Crippen molar-refractivity contribution in [1.29, 1.82) is 0 Å². The zero-order valence-electron chi connectivity index (χ0n) is 9.23. The van der Waals surface area contributed by atoms with Crippen LogP contribution in [0.4, 0.5) is 0 Å². The molecule has 0 saturated carbocycles. The molecule has 92 valence electrons. The number of thioether (sulfide) groups is 1. The molecule has 2 heterocycles. The van der Waals surface area contributed by atoms with Crippen LogP contribution in [0, 0.1) is 0 Å². The molecule has 0 radical (unpaired) electrons. The first-order chi connectivity index (χ1) is 7.45. The Balaban J connectivity index is 1.96. The van der Waals surface area contributed by atoms with E-state index in [1.54, 1.807) is 6.20 Å². The fourth-order valence-electron chi connectivity index (χ4n) is 1.49. The lowest BCUT2D eigenvalue weighted by atomic mass is 10.1. The number of aliphatic hydroxyl groups is 1. The second kappa shape index (κ2) is 4.40. The van der Waals surface area contributed by atoms with Gasteiger partial charge in [-0.1, -0.05) is 11.8 Å². The molecule has 1 unspecified atom stereocenters. The van der Waals surface area contributed by atoms with E-state index in [0.717, 1.165) is 4.24 Å². The maximum Gasteiger partial charge on any atom is 0.163 e. The monoisotopic (exact) mass is 264 g/mol. The van der Waals surface area contributed by atoms with Crippen molar-refractivity contribution in [3.8, 4) is 0 Å². The van der Waals surface area contributed by atoms with Gasteiger partial charge in [-0.3, -0.25) is 5.14 Å². The fraction of sp³-hybridized carbons (Fsp3) is 0.778.